The Bertz CT molecular complexity index is 2070. The van der Waals surface area contributed by atoms with E-state index in [4.69, 9.17) is 9.47 Å². The fraction of sp³-hybridized carbons (Fsp3) is 0.0769. The Morgan fingerprint density at radius 2 is 1.07 bits per heavy atom. The molecule has 2 heterocycles. The SMILES string of the molecule is CC1(C)c2ccccc2-c2c(-c3ccc(-c4ccc5c(c4)Oc4cccc6c4N5c4ccccc4O6)cc3)cccc21. The van der Waals surface area contributed by atoms with Gasteiger partial charge in [-0.1, -0.05) is 105 Å². The van der Waals surface area contributed by atoms with Crippen molar-refractivity contribution in [1.82, 2.24) is 0 Å². The molecule has 0 bridgehead atoms. The molecule has 42 heavy (non-hydrogen) atoms. The van der Waals surface area contributed by atoms with E-state index >= 15 is 0 Å². The second-order valence-corrected chi connectivity index (χ2v) is 11.8. The van der Waals surface area contributed by atoms with Crippen molar-refractivity contribution >= 4 is 17.1 Å². The number of hydrogen-bond donors (Lipinski definition) is 0. The average Bonchev–Trinajstić information content (AvgIpc) is 3.27. The molecule has 6 aromatic rings. The first-order chi connectivity index (χ1) is 20.6. The van der Waals surface area contributed by atoms with Crippen LogP contribution >= 0.6 is 0 Å². The summed E-state index contributed by atoms with van der Waals surface area (Å²) >= 11 is 0. The lowest BCUT2D eigenvalue weighted by molar-refractivity contribution is 0.446. The van der Waals surface area contributed by atoms with Crippen molar-refractivity contribution in [3.05, 3.63) is 139 Å². The first-order valence-electron chi connectivity index (χ1n) is 14.4. The van der Waals surface area contributed by atoms with Crippen LogP contribution < -0.4 is 14.4 Å². The van der Waals surface area contributed by atoms with Gasteiger partial charge in [-0.2, -0.15) is 0 Å². The van der Waals surface area contributed by atoms with E-state index in [9.17, 15) is 0 Å². The molecule has 0 fully saturated rings. The summed E-state index contributed by atoms with van der Waals surface area (Å²) in [7, 11) is 0. The zero-order valence-corrected chi connectivity index (χ0v) is 23.4. The topological polar surface area (TPSA) is 21.7 Å². The molecular formula is C39H27NO2. The van der Waals surface area contributed by atoms with Gasteiger partial charge in [-0.3, -0.25) is 4.90 Å². The lowest BCUT2D eigenvalue weighted by atomic mass is 9.82. The van der Waals surface area contributed by atoms with Gasteiger partial charge in [-0.15, -0.1) is 0 Å². The van der Waals surface area contributed by atoms with Crippen LogP contribution in [0, 0.1) is 0 Å². The van der Waals surface area contributed by atoms with Gasteiger partial charge in [0.1, 0.15) is 5.69 Å². The smallest absolute Gasteiger partial charge is 0.155 e. The Morgan fingerprint density at radius 1 is 0.476 bits per heavy atom. The van der Waals surface area contributed by atoms with Crippen LogP contribution in [0.2, 0.25) is 0 Å². The van der Waals surface area contributed by atoms with Gasteiger partial charge in [-0.05, 0) is 80.9 Å². The van der Waals surface area contributed by atoms with Crippen molar-refractivity contribution in [1.29, 1.82) is 0 Å². The third kappa shape index (κ3) is 3.16. The second kappa shape index (κ2) is 8.37. The molecule has 3 nitrogen and oxygen atoms in total. The molecule has 2 aliphatic heterocycles. The van der Waals surface area contributed by atoms with E-state index in [1.807, 2.05) is 36.4 Å². The van der Waals surface area contributed by atoms with Crippen molar-refractivity contribution in [2.24, 2.45) is 0 Å². The highest BCUT2D eigenvalue weighted by Crippen LogP contribution is 2.60. The zero-order valence-electron chi connectivity index (χ0n) is 23.4. The molecule has 0 radical (unpaired) electrons. The fourth-order valence-electron chi connectivity index (χ4n) is 7.02. The van der Waals surface area contributed by atoms with Gasteiger partial charge in [0.15, 0.2) is 23.0 Å². The van der Waals surface area contributed by atoms with Gasteiger partial charge in [0.05, 0.1) is 11.4 Å². The monoisotopic (exact) mass is 541 g/mol. The Labute approximate surface area is 245 Å². The molecule has 6 aromatic carbocycles. The van der Waals surface area contributed by atoms with Crippen LogP contribution in [0.4, 0.5) is 17.1 Å². The van der Waals surface area contributed by atoms with E-state index in [2.05, 4.69) is 110 Å². The highest BCUT2D eigenvalue weighted by molar-refractivity contribution is 5.95. The maximum Gasteiger partial charge on any atom is 0.155 e. The van der Waals surface area contributed by atoms with E-state index in [0.717, 1.165) is 51.2 Å². The van der Waals surface area contributed by atoms with Gasteiger partial charge in [0.25, 0.3) is 0 Å². The summed E-state index contributed by atoms with van der Waals surface area (Å²) in [5.74, 6) is 3.27. The van der Waals surface area contributed by atoms with Crippen molar-refractivity contribution in [3.8, 4) is 56.4 Å². The number of benzene rings is 6. The Balaban J connectivity index is 1.11. The molecule has 0 aromatic heterocycles. The predicted molar refractivity (Wildman–Crippen MR) is 170 cm³/mol. The normalized spacial score (nSPS) is 14.5. The van der Waals surface area contributed by atoms with Crippen LogP contribution in [0.15, 0.2) is 127 Å². The third-order valence-electron chi connectivity index (χ3n) is 9.07. The molecule has 1 aliphatic carbocycles. The van der Waals surface area contributed by atoms with Crippen LogP contribution in [0.3, 0.4) is 0 Å². The largest absolute Gasteiger partial charge is 0.453 e. The number of anilines is 3. The first-order valence-corrected chi connectivity index (χ1v) is 14.4. The van der Waals surface area contributed by atoms with E-state index in [1.165, 1.54) is 33.4 Å². The minimum Gasteiger partial charge on any atom is -0.453 e. The molecule has 0 N–H and O–H groups in total. The predicted octanol–water partition coefficient (Wildman–Crippen LogP) is 11.0. The summed E-state index contributed by atoms with van der Waals surface area (Å²) in [6.45, 7) is 4.66. The molecule has 0 saturated heterocycles. The van der Waals surface area contributed by atoms with Crippen LogP contribution in [-0.2, 0) is 5.41 Å². The third-order valence-corrected chi connectivity index (χ3v) is 9.07. The van der Waals surface area contributed by atoms with E-state index in [-0.39, 0.29) is 5.41 Å². The summed E-state index contributed by atoms with van der Waals surface area (Å²) in [4.78, 5) is 2.25. The minimum absolute atomic E-state index is 0.00854. The quantitative estimate of drug-likeness (QED) is 0.217. The minimum atomic E-state index is -0.00854. The molecule has 3 aliphatic rings. The van der Waals surface area contributed by atoms with E-state index < -0.39 is 0 Å². The van der Waals surface area contributed by atoms with Crippen LogP contribution in [0.5, 0.6) is 23.0 Å². The zero-order chi connectivity index (χ0) is 28.0. The summed E-state index contributed by atoms with van der Waals surface area (Å²) in [5, 5.41) is 0. The summed E-state index contributed by atoms with van der Waals surface area (Å²) in [5.41, 5.74) is 13.2. The highest BCUT2D eigenvalue weighted by Gasteiger charge is 2.37. The van der Waals surface area contributed by atoms with Crippen LogP contribution in [-0.4, -0.2) is 0 Å². The maximum atomic E-state index is 6.48. The Morgan fingerprint density at radius 3 is 1.93 bits per heavy atom. The number of ether oxygens (including phenoxy) is 2. The van der Waals surface area contributed by atoms with Crippen molar-refractivity contribution in [2.45, 2.75) is 19.3 Å². The van der Waals surface area contributed by atoms with Gasteiger partial charge in [0.2, 0.25) is 0 Å². The van der Waals surface area contributed by atoms with Crippen LogP contribution in [0.1, 0.15) is 25.0 Å². The van der Waals surface area contributed by atoms with Gasteiger partial charge < -0.3 is 9.47 Å². The number of hydrogen-bond acceptors (Lipinski definition) is 3. The van der Waals surface area contributed by atoms with Crippen molar-refractivity contribution in [3.63, 3.8) is 0 Å². The van der Waals surface area contributed by atoms with E-state index in [1.54, 1.807) is 0 Å². The van der Waals surface area contributed by atoms with Gasteiger partial charge in [0, 0.05) is 5.41 Å². The lowest BCUT2D eigenvalue weighted by Crippen LogP contribution is -2.20. The van der Waals surface area contributed by atoms with Gasteiger partial charge in [-0.25, -0.2) is 0 Å². The number of nitrogens with zero attached hydrogens (tertiary/aromatic N) is 1. The van der Waals surface area contributed by atoms with Crippen LogP contribution in [0.25, 0.3) is 33.4 Å². The molecule has 0 unspecified atom stereocenters. The molecule has 3 heteroatoms. The maximum absolute atomic E-state index is 6.48. The molecule has 0 saturated carbocycles. The van der Waals surface area contributed by atoms with Crippen molar-refractivity contribution < 1.29 is 9.47 Å². The Hall–Kier alpha value is -5.28. The van der Waals surface area contributed by atoms with E-state index in [0.29, 0.717) is 0 Å². The fourth-order valence-corrected chi connectivity index (χ4v) is 7.02. The molecule has 0 spiro atoms. The average molecular weight is 542 g/mol. The van der Waals surface area contributed by atoms with Gasteiger partial charge >= 0.3 is 0 Å². The molecule has 0 atom stereocenters. The highest BCUT2D eigenvalue weighted by atomic mass is 16.5. The lowest BCUT2D eigenvalue weighted by Gasteiger charge is -2.37. The number of fused-ring (bicyclic) bond motifs is 7. The molecule has 9 rings (SSSR count). The molecule has 0 amide bonds. The summed E-state index contributed by atoms with van der Waals surface area (Å²) < 4.78 is 12.7. The first kappa shape index (κ1) is 23.4. The summed E-state index contributed by atoms with van der Waals surface area (Å²) in [6.07, 6.45) is 0. The molecule has 200 valence electrons. The van der Waals surface area contributed by atoms with Crippen molar-refractivity contribution in [2.75, 3.05) is 4.90 Å². The summed E-state index contributed by atoms with van der Waals surface area (Å²) in [6, 6.07) is 45.1. The number of para-hydroxylation sites is 3. The second-order valence-electron chi connectivity index (χ2n) is 11.8. The standard InChI is InChI=1S/C39H27NO2/c1-39(2)29-11-4-3-9-28(29)37-27(10-7-12-30(37)39)25-19-17-24(18-20-25)26-21-22-32-36(23-26)42-35-16-8-15-34-38(35)40(32)31-13-5-6-14-33(31)41-34/h3-23H,1-2H3. The molecular weight excluding hydrogens is 514 g/mol. The Kier molecular flexibility index (Phi) is 4.67. The number of rotatable bonds is 2.